The first kappa shape index (κ1) is 23.4. The Morgan fingerprint density at radius 1 is 1.00 bits per heavy atom. The van der Waals surface area contributed by atoms with E-state index >= 15 is 0 Å². The number of esters is 1. The minimum absolute atomic E-state index is 0.0900. The van der Waals surface area contributed by atoms with Crippen molar-refractivity contribution >= 4 is 16.9 Å². The molecule has 0 amide bonds. The molecular formula is C28H29NO5. The van der Waals surface area contributed by atoms with Crippen molar-refractivity contribution in [1.29, 1.82) is 0 Å². The summed E-state index contributed by atoms with van der Waals surface area (Å²) in [5, 5.41) is 22.1. The van der Waals surface area contributed by atoms with E-state index in [2.05, 4.69) is 4.57 Å². The molecule has 4 aromatic rings. The van der Waals surface area contributed by atoms with Crippen molar-refractivity contribution in [3.05, 3.63) is 95.7 Å². The number of fused-ring (bicyclic) bond motifs is 1. The molecule has 2 N–H and O–H groups in total. The van der Waals surface area contributed by atoms with Gasteiger partial charge in [-0.2, -0.15) is 0 Å². The number of phenols is 1. The molecule has 0 bridgehead atoms. The van der Waals surface area contributed by atoms with Crippen molar-refractivity contribution < 1.29 is 24.5 Å². The van der Waals surface area contributed by atoms with Crippen LogP contribution in [0.2, 0.25) is 0 Å². The lowest BCUT2D eigenvalue weighted by Crippen LogP contribution is -2.20. The van der Waals surface area contributed by atoms with Gasteiger partial charge >= 0.3 is 5.97 Å². The maximum Gasteiger partial charge on any atom is 0.338 e. The zero-order valence-electron chi connectivity index (χ0n) is 19.2. The maximum atomic E-state index is 12.2. The lowest BCUT2D eigenvalue weighted by atomic mass is 10.1. The van der Waals surface area contributed by atoms with Crippen LogP contribution in [0.4, 0.5) is 0 Å². The molecule has 6 nitrogen and oxygen atoms in total. The topological polar surface area (TPSA) is 80.9 Å². The number of carbonyl (C=O) groups excluding carboxylic acids is 1. The Kier molecular flexibility index (Phi) is 7.50. The van der Waals surface area contributed by atoms with E-state index in [1.807, 2.05) is 55.6 Å². The zero-order chi connectivity index (χ0) is 23.9. The third-order valence-electron chi connectivity index (χ3n) is 5.61. The average molecular weight is 460 g/mol. The number of benzene rings is 3. The number of phenolic OH excluding ortho intramolecular Hbond substituents is 1. The van der Waals surface area contributed by atoms with E-state index in [0.29, 0.717) is 30.9 Å². The number of aliphatic hydroxyl groups excluding tert-OH is 1. The molecule has 0 fully saturated rings. The van der Waals surface area contributed by atoms with Crippen molar-refractivity contribution in [3.63, 3.8) is 0 Å². The molecule has 1 aromatic heterocycles. The molecule has 0 unspecified atom stereocenters. The lowest BCUT2D eigenvalue weighted by molar-refractivity contribution is 0.0259. The first-order chi connectivity index (χ1) is 16.5. The summed E-state index contributed by atoms with van der Waals surface area (Å²) < 4.78 is 12.9. The van der Waals surface area contributed by atoms with E-state index in [9.17, 15) is 15.0 Å². The summed E-state index contributed by atoms with van der Waals surface area (Å²) in [6.45, 7) is 3.02. The highest BCUT2D eigenvalue weighted by Gasteiger charge is 2.16. The Morgan fingerprint density at radius 2 is 1.76 bits per heavy atom. The van der Waals surface area contributed by atoms with Crippen LogP contribution in [0.5, 0.6) is 11.5 Å². The molecule has 176 valence electrons. The number of aliphatic hydroxyl groups is 1. The van der Waals surface area contributed by atoms with Crippen molar-refractivity contribution in [2.75, 3.05) is 13.2 Å². The van der Waals surface area contributed by atoms with Crippen molar-refractivity contribution in [1.82, 2.24) is 4.57 Å². The number of hydrogen-bond acceptors (Lipinski definition) is 5. The van der Waals surface area contributed by atoms with Crippen molar-refractivity contribution in [3.8, 4) is 11.5 Å². The highest BCUT2D eigenvalue weighted by atomic mass is 16.5. The van der Waals surface area contributed by atoms with Gasteiger partial charge < -0.3 is 24.3 Å². The normalized spacial score (nSPS) is 11.9. The maximum absolute atomic E-state index is 12.2. The molecule has 6 heteroatoms. The van der Waals surface area contributed by atoms with Crippen LogP contribution in [0.1, 0.15) is 34.8 Å². The molecule has 0 aliphatic carbocycles. The minimum Gasteiger partial charge on any atom is -0.507 e. The Morgan fingerprint density at radius 3 is 2.53 bits per heavy atom. The van der Waals surface area contributed by atoms with E-state index in [-0.39, 0.29) is 12.4 Å². The molecule has 4 rings (SSSR count). The summed E-state index contributed by atoms with van der Waals surface area (Å²) in [6.07, 6.45) is 2.38. The number of para-hydroxylation sites is 1. The van der Waals surface area contributed by atoms with Crippen LogP contribution in [0.3, 0.4) is 0 Å². The number of aromatic nitrogens is 1. The summed E-state index contributed by atoms with van der Waals surface area (Å²) in [5.74, 6) is 0.374. The van der Waals surface area contributed by atoms with Crippen LogP contribution in [-0.4, -0.2) is 40.1 Å². The van der Waals surface area contributed by atoms with E-state index in [0.717, 1.165) is 28.5 Å². The second-order valence-corrected chi connectivity index (χ2v) is 8.26. The van der Waals surface area contributed by atoms with E-state index in [4.69, 9.17) is 9.47 Å². The van der Waals surface area contributed by atoms with Gasteiger partial charge in [0.2, 0.25) is 0 Å². The number of nitrogens with zero attached hydrogens (tertiary/aromatic N) is 1. The van der Waals surface area contributed by atoms with E-state index in [1.165, 1.54) is 0 Å². The van der Waals surface area contributed by atoms with Gasteiger partial charge in [0, 0.05) is 35.2 Å². The molecule has 1 atom stereocenters. The van der Waals surface area contributed by atoms with Crippen LogP contribution in [-0.2, 0) is 17.7 Å². The first-order valence-corrected chi connectivity index (χ1v) is 11.5. The summed E-state index contributed by atoms with van der Waals surface area (Å²) in [6, 6.07) is 22.0. The van der Waals surface area contributed by atoms with Gasteiger partial charge in [-0.3, -0.25) is 0 Å². The fourth-order valence-corrected chi connectivity index (χ4v) is 3.93. The monoisotopic (exact) mass is 459 g/mol. The number of carbonyl (C=O) groups is 1. The Balaban J connectivity index is 1.47. The summed E-state index contributed by atoms with van der Waals surface area (Å²) in [7, 11) is 0. The fourth-order valence-electron chi connectivity index (χ4n) is 3.93. The quantitative estimate of drug-likeness (QED) is 0.328. The van der Waals surface area contributed by atoms with Crippen LogP contribution < -0.4 is 4.74 Å². The molecule has 0 saturated heterocycles. The second kappa shape index (κ2) is 10.9. The van der Waals surface area contributed by atoms with Gasteiger partial charge in [0.15, 0.2) is 0 Å². The van der Waals surface area contributed by atoms with Crippen LogP contribution in [0.25, 0.3) is 10.9 Å². The summed E-state index contributed by atoms with van der Waals surface area (Å²) in [5.41, 5.74) is 3.17. The van der Waals surface area contributed by atoms with E-state index < -0.39 is 12.1 Å². The van der Waals surface area contributed by atoms with E-state index in [1.54, 1.807) is 30.3 Å². The molecular weight excluding hydrogens is 430 g/mol. The molecule has 0 spiro atoms. The molecule has 0 saturated carbocycles. The van der Waals surface area contributed by atoms with Gasteiger partial charge in [-0.25, -0.2) is 4.79 Å². The highest BCUT2D eigenvalue weighted by molar-refractivity contribution is 5.89. The van der Waals surface area contributed by atoms with Crippen molar-refractivity contribution in [2.45, 2.75) is 32.4 Å². The Bertz CT molecular complexity index is 1250. The van der Waals surface area contributed by atoms with Gasteiger partial charge in [-0.05, 0) is 42.3 Å². The fraction of sp³-hybridized carbons (Fsp3) is 0.250. The van der Waals surface area contributed by atoms with Crippen LogP contribution in [0, 0.1) is 0 Å². The van der Waals surface area contributed by atoms with Crippen molar-refractivity contribution in [2.24, 2.45) is 0 Å². The Hall–Kier alpha value is -3.77. The second-order valence-electron chi connectivity index (χ2n) is 8.26. The molecule has 34 heavy (non-hydrogen) atoms. The largest absolute Gasteiger partial charge is 0.507 e. The third-order valence-corrected chi connectivity index (χ3v) is 5.61. The SMILES string of the molecule is CCCOc1ccc(Cn2cc(C[C@H](O)COC(=O)c3ccccc3)c3ccccc32)c(O)c1. The van der Waals surface area contributed by atoms with Crippen LogP contribution in [0.15, 0.2) is 79.0 Å². The molecule has 0 radical (unpaired) electrons. The molecule has 0 aliphatic heterocycles. The number of rotatable bonds is 10. The number of ether oxygens (including phenoxy) is 2. The molecule has 1 heterocycles. The summed E-state index contributed by atoms with van der Waals surface area (Å²) >= 11 is 0. The minimum atomic E-state index is -0.838. The van der Waals surface area contributed by atoms with Gasteiger partial charge in [0.1, 0.15) is 18.1 Å². The number of aromatic hydroxyl groups is 1. The smallest absolute Gasteiger partial charge is 0.338 e. The highest BCUT2D eigenvalue weighted by Crippen LogP contribution is 2.28. The summed E-state index contributed by atoms with van der Waals surface area (Å²) in [4.78, 5) is 12.2. The predicted octanol–water partition coefficient (Wildman–Crippen LogP) is 4.94. The van der Waals surface area contributed by atoms with Crippen LogP contribution >= 0.6 is 0 Å². The van der Waals surface area contributed by atoms with Gasteiger partial charge in [-0.1, -0.05) is 43.3 Å². The number of hydrogen-bond donors (Lipinski definition) is 2. The van der Waals surface area contributed by atoms with Gasteiger partial charge in [0.25, 0.3) is 0 Å². The molecule has 0 aliphatic rings. The lowest BCUT2D eigenvalue weighted by Gasteiger charge is -2.11. The molecule has 3 aromatic carbocycles. The van der Waals surface area contributed by atoms with Gasteiger partial charge in [0.05, 0.1) is 24.8 Å². The van der Waals surface area contributed by atoms with Gasteiger partial charge in [-0.15, -0.1) is 0 Å². The average Bonchev–Trinajstić information content (AvgIpc) is 3.20. The standard InChI is InChI=1S/C28H29NO5/c1-2-14-33-24-13-12-21(27(31)16-24)17-29-18-22(25-10-6-7-11-26(25)29)15-23(30)19-34-28(32)20-8-4-3-5-9-20/h3-13,16,18,23,30-31H,2,14-15,17,19H2,1H3/t23-/m0/s1. The zero-order valence-corrected chi connectivity index (χ0v) is 19.2. The first-order valence-electron chi connectivity index (χ1n) is 11.5. The Labute approximate surface area is 199 Å². The third kappa shape index (κ3) is 5.58. The predicted molar refractivity (Wildman–Crippen MR) is 131 cm³/mol.